The lowest BCUT2D eigenvalue weighted by atomic mass is 10.1. The molecule has 1 rings (SSSR count). The Balaban J connectivity index is 2.56. The predicted molar refractivity (Wildman–Crippen MR) is 73.6 cm³/mol. The smallest absolute Gasteiger partial charge is 0.221 e. The second kappa shape index (κ2) is 7.22. The molecule has 7 heteroatoms. The van der Waals surface area contributed by atoms with Crippen LogP contribution in [0.4, 0.5) is 0 Å². The highest BCUT2D eigenvalue weighted by Gasteiger charge is 2.11. The van der Waals surface area contributed by atoms with Crippen LogP contribution in [0.15, 0.2) is 24.3 Å². The van der Waals surface area contributed by atoms with Gasteiger partial charge in [-0.25, -0.2) is 13.1 Å². The van der Waals surface area contributed by atoms with E-state index in [1.165, 1.54) is 7.05 Å². The molecule has 6 nitrogen and oxygen atoms in total. The van der Waals surface area contributed by atoms with E-state index in [1.807, 2.05) is 6.07 Å². The summed E-state index contributed by atoms with van der Waals surface area (Å²) in [6, 6.07) is 7.11. The summed E-state index contributed by atoms with van der Waals surface area (Å²) in [5.41, 5.74) is 7.07. The minimum absolute atomic E-state index is 0.0958. The molecule has 0 fully saturated rings. The summed E-state index contributed by atoms with van der Waals surface area (Å²) in [4.78, 5) is 11.0. The maximum Gasteiger partial charge on any atom is 0.221 e. The molecule has 0 aliphatic rings. The van der Waals surface area contributed by atoms with E-state index in [2.05, 4.69) is 10.0 Å². The van der Waals surface area contributed by atoms with Crippen molar-refractivity contribution in [3.05, 3.63) is 35.4 Å². The Hall–Kier alpha value is -1.44. The van der Waals surface area contributed by atoms with Gasteiger partial charge in [-0.1, -0.05) is 24.3 Å². The summed E-state index contributed by atoms with van der Waals surface area (Å²) in [6.07, 6.45) is 0.124. The topological polar surface area (TPSA) is 101 Å². The summed E-state index contributed by atoms with van der Waals surface area (Å²) < 4.78 is 26.0. The standard InChI is InChI=1S/C12H19N3O3S/c1-14-12(16)5-6-15-19(17,18)9-11-4-2-3-10(7-11)8-13/h2-4,7,15H,5-6,8-9,13H2,1H3,(H,14,16). The number of hydrogen-bond acceptors (Lipinski definition) is 4. The molecule has 106 valence electrons. The zero-order valence-electron chi connectivity index (χ0n) is 10.8. The highest BCUT2D eigenvalue weighted by atomic mass is 32.2. The average Bonchev–Trinajstić information content (AvgIpc) is 2.37. The Kier molecular flexibility index (Phi) is 5.94. The van der Waals surface area contributed by atoms with Gasteiger partial charge < -0.3 is 11.1 Å². The van der Waals surface area contributed by atoms with Gasteiger partial charge in [0, 0.05) is 26.6 Å². The third-order valence-corrected chi connectivity index (χ3v) is 3.89. The van der Waals surface area contributed by atoms with Crippen molar-refractivity contribution in [3.63, 3.8) is 0 Å². The van der Waals surface area contributed by atoms with Crippen LogP contribution in [0.1, 0.15) is 17.5 Å². The van der Waals surface area contributed by atoms with Gasteiger partial charge in [-0.15, -0.1) is 0 Å². The zero-order chi connectivity index (χ0) is 14.3. The van der Waals surface area contributed by atoms with Gasteiger partial charge in [-0.2, -0.15) is 0 Å². The minimum Gasteiger partial charge on any atom is -0.359 e. The first-order valence-corrected chi connectivity index (χ1v) is 7.58. The molecular formula is C12H19N3O3S. The van der Waals surface area contributed by atoms with Gasteiger partial charge >= 0.3 is 0 Å². The van der Waals surface area contributed by atoms with Crippen LogP contribution in [0.2, 0.25) is 0 Å². The monoisotopic (exact) mass is 285 g/mol. The molecule has 4 N–H and O–H groups in total. The molecule has 0 unspecified atom stereocenters. The molecule has 19 heavy (non-hydrogen) atoms. The number of rotatable bonds is 7. The first-order chi connectivity index (χ1) is 8.96. The number of carbonyl (C=O) groups excluding carboxylic acids is 1. The molecular weight excluding hydrogens is 266 g/mol. The molecule has 1 aromatic rings. The number of nitrogens with two attached hydrogens (primary N) is 1. The van der Waals surface area contributed by atoms with Gasteiger partial charge in [-0.05, 0) is 11.1 Å². The van der Waals surface area contributed by atoms with E-state index in [1.54, 1.807) is 18.2 Å². The first-order valence-electron chi connectivity index (χ1n) is 5.92. The first kappa shape index (κ1) is 15.6. The quantitative estimate of drug-likeness (QED) is 0.640. The van der Waals surface area contributed by atoms with E-state index in [9.17, 15) is 13.2 Å². The van der Waals surface area contributed by atoms with E-state index in [0.29, 0.717) is 12.1 Å². The third kappa shape index (κ3) is 5.82. The Morgan fingerprint density at radius 3 is 2.63 bits per heavy atom. The van der Waals surface area contributed by atoms with Crippen LogP contribution in [0.5, 0.6) is 0 Å². The summed E-state index contributed by atoms with van der Waals surface area (Å²) in [5, 5.41) is 2.43. The molecule has 0 saturated heterocycles. The van der Waals surface area contributed by atoms with Crippen LogP contribution in [0.3, 0.4) is 0 Å². The zero-order valence-corrected chi connectivity index (χ0v) is 11.7. The summed E-state index contributed by atoms with van der Waals surface area (Å²) in [7, 11) is -1.93. The minimum atomic E-state index is -3.43. The van der Waals surface area contributed by atoms with Crippen LogP contribution in [-0.2, 0) is 27.1 Å². The van der Waals surface area contributed by atoms with E-state index < -0.39 is 10.0 Å². The lowest BCUT2D eigenvalue weighted by Gasteiger charge is -2.07. The number of hydrogen-bond donors (Lipinski definition) is 3. The van der Waals surface area contributed by atoms with Crippen LogP contribution in [0, 0.1) is 0 Å². The van der Waals surface area contributed by atoms with Crippen molar-refractivity contribution in [2.45, 2.75) is 18.7 Å². The van der Waals surface area contributed by atoms with E-state index in [0.717, 1.165) is 5.56 Å². The molecule has 0 aliphatic carbocycles. The summed E-state index contributed by atoms with van der Waals surface area (Å²) in [6.45, 7) is 0.469. The van der Waals surface area contributed by atoms with Gasteiger partial charge in [-0.3, -0.25) is 4.79 Å². The van der Waals surface area contributed by atoms with Crippen LogP contribution >= 0.6 is 0 Å². The van der Waals surface area contributed by atoms with Crippen LogP contribution in [-0.4, -0.2) is 27.9 Å². The van der Waals surface area contributed by atoms with Crippen molar-refractivity contribution >= 4 is 15.9 Å². The van der Waals surface area contributed by atoms with Crippen LogP contribution < -0.4 is 15.8 Å². The molecule has 1 aromatic carbocycles. The molecule has 1 amide bonds. The molecule has 0 saturated carbocycles. The number of benzene rings is 1. The SMILES string of the molecule is CNC(=O)CCNS(=O)(=O)Cc1cccc(CN)c1. The number of sulfonamides is 1. The fourth-order valence-electron chi connectivity index (χ4n) is 1.56. The molecule has 0 bridgehead atoms. The predicted octanol–water partition coefficient (Wildman–Crippen LogP) is -0.299. The largest absolute Gasteiger partial charge is 0.359 e. The Labute approximate surface area is 113 Å². The second-order valence-corrected chi connectivity index (χ2v) is 5.91. The lowest BCUT2D eigenvalue weighted by Crippen LogP contribution is -2.30. The Bertz CT molecular complexity index is 529. The third-order valence-electron chi connectivity index (χ3n) is 2.54. The van der Waals surface area contributed by atoms with Crippen LogP contribution in [0.25, 0.3) is 0 Å². The molecule has 0 radical (unpaired) electrons. The normalized spacial score (nSPS) is 11.3. The highest BCUT2D eigenvalue weighted by molar-refractivity contribution is 7.88. The molecule has 0 aromatic heterocycles. The number of amides is 1. The second-order valence-electron chi connectivity index (χ2n) is 4.10. The Morgan fingerprint density at radius 2 is 2.00 bits per heavy atom. The number of nitrogens with one attached hydrogen (secondary N) is 2. The lowest BCUT2D eigenvalue weighted by molar-refractivity contribution is -0.120. The van der Waals surface area contributed by atoms with Gasteiger partial charge in [0.2, 0.25) is 15.9 Å². The maximum atomic E-state index is 11.8. The van der Waals surface area contributed by atoms with Crippen molar-refractivity contribution in [2.24, 2.45) is 5.73 Å². The molecule has 0 heterocycles. The van der Waals surface area contributed by atoms with E-state index in [-0.39, 0.29) is 24.6 Å². The summed E-state index contributed by atoms with van der Waals surface area (Å²) in [5.74, 6) is -0.318. The molecule has 0 atom stereocenters. The van der Waals surface area contributed by atoms with Crippen molar-refractivity contribution in [1.29, 1.82) is 0 Å². The van der Waals surface area contributed by atoms with Gasteiger partial charge in [0.05, 0.1) is 5.75 Å². The fourth-order valence-corrected chi connectivity index (χ4v) is 2.70. The van der Waals surface area contributed by atoms with E-state index in [4.69, 9.17) is 5.73 Å². The average molecular weight is 285 g/mol. The Morgan fingerprint density at radius 1 is 1.32 bits per heavy atom. The van der Waals surface area contributed by atoms with Crippen molar-refractivity contribution in [1.82, 2.24) is 10.0 Å². The highest BCUT2D eigenvalue weighted by Crippen LogP contribution is 2.08. The van der Waals surface area contributed by atoms with Gasteiger partial charge in [0.25, 0.3) is 0 Å². The van der Waals surface area contributed by atoms with Crippen molar-refractivity contribution in [3.8, 4) is 0 Å². The van der Waals surface area contributed by atoms with Crippen molar-refractivity contribution in [2.75, 3.05) is 13.6 Å². The van der Waals surface area contributed by atoms with E-state index >= 15 is 0 Å². The molecule has 0 spiro atoms. The van der Waals surface area contributed by atoms with Gasteiger partial charge in [0.15, 0.2) is 0 Å². The van der Waals surface area contributed by atoms with Gasteiger partial charge in [0.1, 0.15) is 0 Å². The van der Waals surface area contributed by atoms with Crippen molar-refractivity contribution < 1.29 is 13.2 Å². The number of carbonyl (C=O) groups is 1. The fraction of sp³-hybridized carbons (Fsp3) is 0.417. The summed E-state index contributed by atoms with van der Waals surface area (Å²) >= 11 is 0. The maximum absolute atomic E-state index is 11.8. The molecule has 0 aliphatic heterocycles.